The number of nitrogens with zero attached hydrogens (tertiary/aromatic N) is 2. The third-order valence-corrected chi connectivity index (χ3v) is 5.53. The summed E-state index contributed by atoms with van der Waals surface area (Å²) in [7, 11) is 0. The van der Waals surface area contributed by atoms with Gasteiger partial charge in [-0.3, -0.25) is 14.5 Å². The molecule has 0 fully saturated rings. The summed E-state index contributed by atoms with van der Waals surface area (Å²) in [5, 5.41) is 9.70. The van der Waals surface area contributed by atoms with Crippen LogP contribution in [0.2, 0.25) is 5.02 Å². The number of rotatable bonds is 7. The molecule has 8 heteroatoms. The molecule has 0 bridgehead atoms. The molecule has 2 aromatic rings. The molecule has 1 aromatic carbocycles. The summed E-state index contributed by atoms with van der Waals surface area (Å²) in [5.74, 6) is -0.567. The van der Waals surface area contributed by atoms with Gasteiger partial charge in [-0.2, -0.15) is 5.26 Å². The number of imide groups is 1. The molecule has 0 unspecified atom stereocenters. The standard InChI is InChI=1S/C26H25ClN2O5/c1-5-10-29-24(30)19(16(4)21(13-28)25(29)31)12-18-7-9-23(34-18)17-6-8-22(27)20(11-17)26(32)33-14-15(2)3/h6-9,11-12,15H,5,10,14H2,1-4H3/b19-12+. The fourth-order valence-corrected chi connectivity index (χ4v) is 3.63. The highest BCUT2D eigenvalue weighted by Crippen LogP contribution is 2.31. The molecule has 0 radical (unpaired) electrons. The molecule has 0 spiro atoms. The average molecular weight is 481 g/mol. The Kier molecular flexibility index (Phi) is 7.75. The number of carbonyl (C=O) groups excluding carboxylic acids is 3. The van der Waals surface area contributed by atoms with Crippen molar-refractivity contribution in [2.75, 3.05) is 13.2 Å². The van der Waals surface area contributed by atoms with Gasteiger partial charge in [-0.15, -0.1) is 0 Å². The van der Waals surface area contributed by atoms with E-state index in [2.05, 4.69) is 0 Å². The minimum atomic E-state index is -0.581. The Balaban J connectivity index is 1.95. The van der Waals surface area contributed by atoms with Gasteiger partial charge in [0, 0.05) is 17.7 Å². The first-order valence-corrected chi connectivity index (χ1v) is 11.3. The summed E-state index contributed by atoms with van der Waals surface area (Å²) in [4.78, 5) is 38.9. The van der Waals surface area contributed by atoms with E-state index in [1.165, 1.54) is 6.08 Å². The smallest absolute Gasteiger partial charge is 0.339 e. The lowest BCUT2D eigenvalue weighted by molar-refractivity contribution is -0.140. The van der Waals surface area contributed by atoms with Crippen LogP contribution < -0.4 is 0 Å². The number of carbonyl (C=O) groups is 3. The van der Waals surface area contributed by atoms with Crippen LogP contribution in [0, 0.1) is 17.2 Å². The lowest BCUT2D eigenvalue weighted by atomic mass is 9.94. The lowest BCUT2D eigenvalue weighted by Crippen LogP contribution is -2.43. The highest BCUT2D eigenvalue weighted by atomic mass is 35.5. The number of ether oxygens (including phenoxy) is 1. The van der Waals surface area contributed by atoms with Gasteiger partial charge in [0.2, 0.25) is 0 Å². The molecule has 7 nitrogen and oxygen atoms in total. The van der Waals surface area contributed by atoms with Gasteiger partial charge in [0.15, 0.2) is 0 Å². The first-order chi connectivity index (χ1) is 16.2. The molecular formula is C26H25ClN2O5. The van der Waals surface area contributed by atoms with Crippen LogP contribution in [0.3, 0.4) is 0 Å². The third kappa shape index (κ3) is 5.13. The second-order valence-corrected chi connectivity index (χ2v) is 8.73. The number of benzene rings is 1. The molecule has 176 valence electrons. The molecule has 0 saturated heterocycles. The van der Waals surface area contributed by atoms with E-state index in [4.69, 9.17) is 20.8 Å². The van der Waals surface area contributed by atoms with Crippen molar-refractivity contribution >= 4 is 35.5 Å². The first-order valence-electron chi connectivity index (χ1n) is 10.9. The first kappa shape index (κ1) is 25.0. The van der Waals surface area contributed by atoms with E-state index in [0.29, 0.717) is 29.1 Å². The highest BCUT2D eigenvalue weighted by molar-refractivity contribution is 6.33. The van der Waals surface area contributed by atoms with Gasteiger partial charge < -0.3 is 9.15 Å². The van der Waals surface area contributed by atoms with E-state index < -0.39 is 17.8 Å². The topological polar surface area (TPSA) is 101 Å². The van der Waals surface area contributed by atoms with Gasteiger partial charge in [0.25, 0.3) is 11.8 Å². The molecule has 1 aliphatic heterocycles. The van der Waals surface area contributed by atoms with Crippen LogP contribution in [-0.2, 0) is 14.3 Å². The van der Waals surface area contributed by atoms with E-state index in [1.807, 2.05) is 26.8 Å². The Morgan fingerprint density at radius 3 is 2.62 bits per heavy atom. The Labute approximate surface area is 203 Å². The van der Waals surface area contributed by atoms with Crippen molar-refractivity contribution in [1.82, 2.24) is 4.90 Å². The Hall–Kier alpha value is -3.63. The average Bonchev–Trinajstić information content (AvgIpc) is 3.27. The van der Waals surface area contributed by atoms with Gasteiger partial charge >= 0.3 is 5.97 Å². The molecule has 2 amide bonds. The van der Waals surface area contributed by atoms with Crippen LogP contribution in [0.5, 0.6) is 0 Å². The maximum absolute atomic E-state index is 12.9. The molecule has 0 aliphatic carbocycles. The van der Waals surface area contributed by atoms with Crippen molar-refractivity contribution in [2.24, 2.45) is 5.92 Å². The Morgan fingerprint density at radius 2 is 1.97 bits per heavy atom. The van der Waals surface area contributed by atoms with E-state index in [-0.39, 0.29) is 40.8 Å². The van der Waals surface area contributed by atoms with E-state index >= 15 is 0 Å². The summed E-state index contributed by atoms with van der Waals surface area (Å²) in [6.45, 7) is 7.79. The van der Waals surface area contributed by atoms with Gasteiger partial charge in [-0.1, -0.05) is 32.4 Å². The molecule has 0 N–H and O–H groups in total. The van der Waals surface area contributed by atoms with Crippen molar-refractivity contribution in [3.63, 3.8) is 0 Å². The molecule has 1 aromatic heterocycles. The SMILES string of the molecule is CCCN1C(=O)C(C#N)=C(C)/C(=C\c2ccc(-c3ccc(Cl)c(C(=O)OCC(C)C)c3)o2)C1=O. The van der Waals surface area contributed by atoms with Gasteiger partial charge in [0.1, 0.15) is 23.2 Å². The number of hydrogen-bond donors (Lipinski definition) is 0. The van der Waals surface area contributed by atoms with Crippen molar-refractivity contribution < 1.29 is 23.5 Å². The zero-order chi connectivity index (χ0) is 25.0. The van der Waals surface area contributed by atoms with Crippen LogP contribution in [0.25, 0.3) is 17.4 Å². The van der Waals surface area contributed by atoms with Crippen LogP contribution in [0.15, 0.2) is 51.5 Å². The molecule has 1 aliphatic rings. The second-order valence-electron chi connectivity index (χ2n) is 8.32. The van der Waals surface area contributed by atoms with Crippen molar-refractivity contribution in [3.8, 4) is 17.4 Å². The summed E-state index contributed by atoms with van der Waals surface area (Å²) in [5.41, 5.74) is 1.30. The number of amides is 2. The third-order valence-electron chi connectivity index (χ3n) is 5.20. The molecule has 3 rings (SSSR count). The van der Waals surface area contributed by atoms with Crippen molar-refractivity contribution in [2.45, 2.75) is 34.1 Å². The molecule has 0 saturated carbocycles. The zero-order valence-electron chi connectivity index (χ0n) is 19.5. The van der Waals surface area contributed by atoms with E-state index in [1.54, 1.807) is 37.3 Å². The van der Waals surface area contributed by atoms with Crippen LogP contribution in [0.4, 0.5) is 0 Å². The highest BCUT2D eigenvalue weighted by Gasteiger charge is 2.35. The van der Waals surface area contributed by atoms with E-state index in [9.17, 15) is 19.6 Å². The van der Waals surface area contributed by atoms with Gasteiger partial charge in [-0.05, 0) is 61.2 Å². The minimum absolute atomic E-state index is 0.0617. The summed E-state index contributed by atoms with van der Waals surface area (Å²) in [6, 6.07) is 10.2. The zero-order valence-corrected chi connectivity index (χ0v) is 20.2. The number of esters is 1. The predicted molar refractivity (Wildman–Crippen MR) is 128 cm³/mol. The summed E-state index contributed by atoms with van der Waals surface area (Å²) < 4.78 is 11.2. The molecule has 34 heavy (non-hydrogen) atoms. The summed E-state index contributed by atoms with van der Waals surface area (Å²) in [6.07, 6.45) is 2.09. The number of hydrogen-bond acceptors (Lipinski definition) is 6. The largest absolute Gasteiger partial charge is 0.462 e. The van der Waals surface area contributed by atoms with Crippen molar-refractivity contribution in [3.05, 3.63) is 63.4 Å². The predicted octanol–water partition coefficient (Wildman–Crippen LogP) is 5.42. The maximum atomic E-state index is 12.9. The fraction of sp³-hybridized carbons (Fsp3) is 0.308. The molecular weight excluding hydrogens is 456 g/mol. The van der Waals surface area contributed by atoms with Crippen LogP contribution in [0.1, 0.15) is 50.2 Å². The number of nitriles is 1. The van der Waals surface area contributed by atoms with Gasteiger partial charge in [-0.25, -0.2) is 4.79 Å². The quantitative estimate of drug-likeness (QED) is 0.298. The lowest BCUT2D eigenvalue weighted by Gasteiger charge is -2.26. The minimum Gasteiger partial charge on any atom is -0.462 e. The summed E-state index contributed by atoms with van der Waals surface area (Å²) >= 11 is 6.20. The molecule has 0 atom stereocenters. The maximum Gasteiger partial charge on any atom is 0.339 e. The van der Waals surface area contributed by atoms with Crippen LogP contribution >= 0.6 is 11.6 Å². The van der Waals surface area contributed by atoms with Crippen molar-refractivity contribution in [1.29, 1.82) is 5.26 Å². The monoisotopic (exact) mass is 480 g/mol. The second kappa shape index (κ2) is 10.5. The number of halogens is 1. The Morgan fingerprint density at radius 1 is 1.24 bits per heavy atom. The van der Waals surface area contributed by atoms with Gasteiger partial charge in [0.05, 0.1) is 17.2 Å². The molecule has 2 heterocycles. The normalized spacial score (nSPS) is 15.3. The van der Waals surface area contributed by atoms with E-state index in [0.717, 1.165) is 4.90 Å². The number of furan rings is 1. The Bertz CT molecular complexity index is 1250. The van der Waals surface area contributed by atoms with Crippen LogP contribution in [-0.4, -0.2) is 35.8 Å². The fourth-order valence-electron chi connectivity index (χ4n) is 3.44.